The normalized spacial score (nSPS) is 14.9. The third-order valence-electron chi connectivity index (χ3n) is 3.04. The van der Waals surface area contributed by atoms with Crippen LogP contribution in [-0.2, 0) is 11.3 Å². The van der Waals surface area contributed by atoms with Crippen LogP contribution < -0.4 is 10.1 Å². The van der Waals surface area contributed by atoms with Crippen molar-refractivity contribution in [3.8, 4) is 5.75 Å². The third kappa shape index (κ3) is 6.08. The van der Waals surface area contributed by atoms with Crippen LogP contribution in [0.5, 0.6) is 5.75 Å². The number of benzene rings is 1. The zero-order valence-corrected chi connectivity index (χ0v) is 12.0. The lowest BCUT2D eigenvalue weighted by molar-refractivity contribution is 0.0819. The van der Waals surface area contributed by atoms with Crippen LogP contribution in [0.4, 0.5) is 0 Å². The first-order chi connectivity index (χ1) is 9.24. The van der Waals surface area contributed by atoms with Crippen molar-refractivity contribution < 1.29 is 9.47 Å². The summed E-state index contributed by atoms with van der Waals surface area (Å²) in [7, 11) is 0. The van der Waals surface area contributed by atoms with E-state index in [9.17, 15) is 0 Å². The minimum atomic E-state index is 0.582. The lowest BCUT2D eigenvalue weighted by Gasteiger charge is -2.09. The van der Waals surface area contributed by atoms with Gasteiger partial charge in [0.1, 0.15) is 12.4 Å². The monoisotopic (exact) mass is 263 g/mol. The summed E-state index contributed by atoms with van der Waals surface area (Å²) in [6, 6.07) is 9.08. The fourth-order valence-electron chi connectivity index (χ4n) is 1.79. The molecule has 0 unspecified atom stereocenters. The first kappa shape index (κ1) is 14.4. The molecule has 0 aromatic heterocycles. The van der Waals surface area contributed by atoms with E-state index in [1.165, 1.54) is 18.4 Å². The van der Waals surface area contributed by atoms with Crippen LogP contribution in [-0.4, -0.2) is 25.9 Å². The second-order valence-corrected chi connectivity index (χ2v) is 5.62. The molecule has 19 heavy (non-hydrogen) atoms. The number of rotatable bonds is 9. The summed E-state index contributed by atoms with van der Waals surface area (Å²) in [5.74, 6) is 1.50. The molecule has 1 aromatic rings. The summed E-state index contributed by atoms with van der Waals surface area (Å²) < 4.78 is 11.1. The standard InChI is InChI=1S/C16H25NO2/c1-13(2)12-18-9-10-19-16-7-3-14(4-8-16)11-17-15-5-6-15/h3-4,7-8,13,15,17H,5-6,9-12H2,1-2H3. The van der Waals surface area contributed by atoms with E-state index in [0.717, 1.165) is 24.9 Å². The van der Waals surface area contributed by atoms with E-state index in [1.54, 1.807) is 0 Å². The maximum absolute atomic E-state index is 5.64. The molecule has 0 radical (unpaired) electrons. The fourth-order valence-corrected chi connectivity index (χ4v) is 1.79. The Hall–Kier alpha value is -1.06. The molecule has 0 saturated heterocycles. The van der Waals surface area contributed by atoms with Crippen LogP contribution >= 0.6 is 0 Å². The van der Waals surface area contributed by atoms with Gasteiger partial charge < -0.3 is 14.8 Å². The Labute approximate surface area is 116 Å². The van der Waals surface area contributed by atoms with Gasteiger partial charge in [0.25, 0.3) is 0 Å². The SMILES string of the molecule is CC(C)COCCOc1ccc(CNC2CC2)cc1. The highest BCUT2D eigenvalue weighted by Gasteiger charge is 2.19. The van der Waals surface area contributed by atoms with Gasteiger partial charge in [0.15, 0.2) is 0 Å². The fraction of sp³-hybridized carbons (Fsp3) is 0.625. The molecular weight excluding hydrogens is 238 g/mol. The molecule has 1 aliphatic rings. The topological polar surface area (TPSA) is 30.5 Å². The number of hydrogen-bond acceptors (Lipinski definition) is 3. The molecule has 2 rings (SSSR count). The molecule has 1 aromatic carbocycles. The van der Waals surface area contributed by atoms with Crippen LogP contribution in [0.2, 0.25) is 0 Å². The molecule has 0 spiro atoms. The van der Waals surface area contributed by atoms with Gasteiger partial charge >= 0.3 is 0 Å². The van der Waals surface area contributed by atoms with Gasteiger partial charge in [0.2, 0.25) is 0 Å². The largest absolute Gasteiger partial charge is 0.491 e. The molecule has 1 saturated carbocycles. The van der Waals surface area contributed by atoms with Crippen molar-refractivity contribution in [3.63, 3.8) is 0 Å². The molecule has 0 amide bonds. The summed E-state index contributed by atoms with van der Waals surface area (Å²) in [6.07, 6.45) is 2.66. The van der Waals surface area contributed by atoms with E-state index in [4.69, 9.17) is 9.47 Å². The van der Waals surface area contributed by atoms with E-state index in [2.05, 4.69) is 31.3 Å². The van der Waals surface area contributed by atoms with Gasteiger partial charge in [-0.05, 0) is 36.5 Å². The van der Waals surface area contributed by atoms with Crippen molar-refractivity contribution in [2.24, 2.45) is 5.92 Å². The maximum Gasteiger partial charge on any atom is 0.119 e. The molecule has 0 heterocycles. The zero-order chi connectivity index (χ0) is 13.5. The van der Waals surface area contributed by atoms with E-state index in [1.807, 2.05) is 12.1 Å². The Balaban J connectivity index is 1.60. The average molecular weight is 263 g/mol. The number of ether oxygens (including phenoxy) is 2. The van der Waals surface area contributed by atoms with Crippen molar-refractivity contribution in [2.75, 3.05) is 19.8 Å². The van der Waals surface area contributed by atoms with Crippen molar-refractivity contribution in [1.29, 1.82) is 0 Å². The lowest BCUT2D eigenvalue weighted by Crippen LogP contribution is -2.15. The van der Waals surface area contributed by atoms with E-state index >= 15 is 0 Å². The van der Waals surface area contributed by atoms with E-state index < -0.39 is 0 Å². The second kappa shape index (κ2) is 7.51. The second-order valence-electron chi connectivity index (χ2n) is 5.62. The van der Waals surface area contributed by atoms with Gasteiger partial charge in [-0.2, -0.15) is 0 Å². The summed E-state index contributed by atoms with van der Waals surface area (Å²) >= 11 is 0. The highest BCUT2D eigenvalue weighted by Crippen LogP contribution is 2.19. The molecule has 1 N–H and O–H groups in total. The van der Waals surface area contributed by atoms with Crippen LogP contribution in [0.1, 0.15) is 32.3 Å². The molecule has 3 heteroatoms. The van der Waals surface area contributed by atoms with Gasteiger partial charge in [-0.15, -0.1) is 0 Å². The van der Waals surface area contributed by atoms with Gasteiger partial charge in [-0.25, -0.2) is 0 Å². The van der Waals surface area contributed by atoms with Crippen molar-refractivity contribution in [2.45, 2.75) is 39.3 Å². The van der Waals surface area contributed by atoms with Crippen molar-refractivity contribution in [3.05, 3.63) is 29.8 Å². The highest BCUT2D eigenvalue weighted by atomic mass is 16.5. The predicted octanol–water partition coefficient (Wildman–Crippen LogP) is 2.99. The number of hydrogen-bond donors (Lipinski definition) is 1. The van der Waals surface area contributed by atoms with Gasteiger partial charge in [0, 0.05) is 19.2 Å². The Morgan fingerprint density at radius 3 is 2.53 bits per heavy atom. The molecule has 3 nitrogen and oxygen atoms in total. The van der Waals surface area contributed by atoms with Crippen molar-refractivity contribution in [1.82, 2.24) is 5.32 Å². The Morgan fingerprint density at radius 1 is 1.16 bits per heavy atom. The summed E-state index contributed by atoms with van der Waals surface area (Å²) in [4.78, 5) is 0. The number of nitrogens with one attached hydrogen (secondary N) is 1. The van der Waals surface area contributed by atoms with Crippen molar-refractivity contribution >= 4 is 0 Å². The predicted molar refractivity (Wildman–Crippen MR) is 77.5 cm³/mol. The highest BCUT2D eigenvalue weighted by molar-refractivity contribution is 5.27. The molecular formula is C16H25NO2. The molecule has 0 aliphatic heterocycles. The summed E-state index contributed by atoms with van der Waals surface area (Å²) in [6.45, 7) is 7.33. The molecule has 106 valence electrons. The maximum atomic E-state index is 5.64. The minimum Gasteiger partial charge on any atom is -0.491 e. The summed E-state index contributed by atoms with van der Waals surface area (Å²) in [5.41, 5.74) is 1.32. The van der Waals surface area contributed by atoms with Crippen LogP contribution in [0.3, 0.4) is 0 Å². The Morgan fingerprint density at radius 2 is 1.89 bits per heavy atom. The quantitative estimate of drug-likeness (QED) is 0.695. The van der Waals surface area contributed by atoms with E-state index in [-0.39, 0.29) is 0 Å². The Bertz CT molecular complexity index is 358. The third-order valence-corrected chi connectivity index (χ3v) is 3.04. The van der Waals surface area contributed by atoms with Crippen LogP contribution in [0, 0.1) is 5.92 Å². The molecule has 0 bridgehead atoms. The van der Waals surface area contributed by atoms with E-state index in [0.29, 0.717) is 19.1 Å². The zero-order valence-electron chi connectivity index (χ0n) is 12.0. The van der Waals surface area contributed by atoms with Gasteiger partial charge in [-0.1, -0.05) is 26.0 Å². The lowest BCUT2D eigenvalue weighted by atomic mass is 10.2. The summed E-state index contributed by atoms with van der Waals surface area (Å²) in [5, 5.41) is 3.50. The average Bonchev–Trinajstić information content (AvgIpc) is 3.21. The minimum absolute atomic E-state index is 0.582. The first-order valence-electron chi connectivity index (χ1n) is 7.27. The smallest absolute Gasteiger partial charge is 0.119 e. The van der Waals surface area contributed by atoms with Crippen LogP contribution in [0.25, 0.3) is 0 Å². The molecule has 0 atom stereocenters. The first-order valence-corrected chi connectivity index (χ1v) is 7.27. The van der Waals surface area contributed by atoms with Crippen LogP contribution in [0.15, 0.2) is 24.3 Å². The Kier molecular flexibility index (Phi) is 5.67. The molecule has 1 aliphatic carbocycles. The molecule has 1 fully saturated rings. The van der Waals surface area contributed by atoms with Gasteiger partial charge in [-0.3, -0.25) is 0 Å². The van der Waals surface area contributed by atoms with Gasteiger partial charge in [0.05, 0.1) is 6.61 Å².